The Labute approximate surface area is 186 Å². The van der Waals surface area contributed by atoms with Gasteiger partial charge in [0.15, 0.2) is 0 Å². The Morgan fingerprint density at radius 3 is 2.17 bits per heavy atom. The van der Waals surface area contributed by atoms with Crippen molar-refractivity contribution in [3.8, 4) is 0 Å². The predicted molar refractivity (Wildman–Crippen MR) is 132 cm³/mol. The van der Waals surface area contributed by atoms with Crippen LogP contribution in [-0.2, 0) is 4.79 Å². The number of hydrogen-bond donors (Lipinski definition) is 1. The van der Waals surface area contributed by atoms with Gasteiger partial charge in [0, 0.05) is 0 Å². The first-order valence-corrected chi connectivity index (χ1v) is 13.8. The molecule has 4 nitrogen and oxygen atoms in total. The number of allylic oxidation sites excluding steroid dienone is 1. The number of nitrogens with zero attached hydrogens (tertiary/aromatic N) is 2. The molecule has 1 saturated heterocycles. The third-order valence-electron chi connectivity index (χ3n) is 5.81. The number of aliphatic hydroxyl groups is 1. The standard InChI is InChI=1S/C25H29IN2O2/c1-17(2)15-28-16-21(26-24(18(28)3)25(30)22(29)14-27-26)23(19-10-6-4-7-11-19)20-12-8-5-9-13-20/h4-14,17-18,21,23,30H,15-16H2,1-3H3. The molecule has 5 heteroatoms. The van der Waals surface area contributed by atoms with Crippen LogP contribution in [0.15, 0.2) is 73.2 Å². The molecule has 2 aromatic rings. The van der Waals surface area contributed by atoms with Crippen molar-refractivity contribution in [2.45, 2.75) is 36.7 Å². The van der Waals surface area contributed by atoms with Gasteiger partial charge < -0.3 is 0 Å². The van der Waals surface area contributed by atoms with E-state index in [1.165, 1.54) is 17.3 Å². The van der Waals surface area contributed by atoms with Gasteiger partial charge in [0.25, 0.3) is 0 Å². The molecule has 30 heavy (non-hydrogen) atoms. The van der Waals surface area contributed by atoms with Crippen LogP contribution >= 0.6 is 20.1 Å². The fourth-order valence-electron chi connectivity index (χ4n) is 4.47. The van der Waals surface area contributed by atoms with E-state index in [1.54, 1.807) is 0 Å². The zero-order chi connectivity index (χ0) is 21.3. The normalized spacial score (nSPS) is 23.4. The van der Waals surface area contributed by atoms with E-state index in [0.29, 0.717) is 5.92 Å². The SMILES string of the molecule is CC(C)CN1CC(C(c2ccccc2)c2ccccc2)I2N=CC(=O)C(O)=C2C1C. The Bertz CT molecular complexity index is 916. The fraction of sp³-hybridized carbons (Fsp3) is 0.360. The number of carbonyl (C=O) groups excluding carboxylic acids is 1. The van der Waals surface area contributed by atoms with Crippen LogP contribution in [0.3, 0.4) is 0 Å². The predicted octanol–water partition coefficient (Wildman–Crippen LogP) is 5.39. The summed E-state index contributed by atoms with van der Waals surface area (Å²) in [6.07, 6.45) is 1.38. The van der Waals surface area contributed by atoms with E-state index in [0.717, 1.165) is 16.7 Å². The molecular weight excluding hydrogens is 487 g/mol. The zero-order valence-corrected chi connectivity index (χ0v) is 19.9. The summed E-state index contributed by atoms with van der Waals surface area (Å²) in [6.45, 7) is 8.43. The van der Waals surface area contributed by atoms with E-state index in [9.17, 15) is 9.90 Å². The molecule has 1 N–H and O–H groups in total. The van der Waals surface area contributed by atoms with Crippen molar-refractivity contribution in [2.24, 2.45) is 9.12 Å². The van der Waals surface area contributed by atoms with Crippen LogP contribution in [0.25, 0.3) is 0 Å². The second kappa shape index (κ2) is 9.02. The van der Waals surface area contributed by atoms with Crippen molar-refractivity contribution in [3.63, 3.8) is 0 Å². The van der Waals surface area contributed by atoms with E-state index >= 15 is 0 Å². The minimum atomic E-state index is -2.17. The van der Waals surface area contributed by atoms with E-state index in [4.69, 9.17) is 3.21 Å². The van der Waals surface area contributed by atoms with Gasteiger partial charge >= 0.3 is 187 Å². The minimum absolute atomic E-state index is 0.0407. The van der Waals surface area contributed by atoms with Gasteiger partial charge in [0.1, 0.15) is 0 Å². The van der Waals surface area contributed by atoms with E-state index < -0.39 is 20.1 Å². The summed E-state index contributed by atoms with van der Waals surface area (Å²) in [5.74, 6) is 0.311. The molecule has 0 amide bonds. The number of carbonyl (C=O) groups is 1. The molecule has 0 aliphatic carbocycles. The number of ketones is 1. The number of alkyl halides is 1. The average molecular weight is 516 g/mol. The molecule has 2 aliphatic rings. The number of rotatable bonds is 5. The maximum atomic E-state index is 12.3. The molecule has 158 valence electrons. The molecule has 2 atom stereocenters. The van der Waals surface area contributed by atoms with Crippen molar-refractivity contribution >= 4 is 32.1 Å². The number of benzene rings is 2. The van der Waals surface area contributed by atoms with Crippen LogP contribution in [-0.4, -0.2) is 45.1 Å². The first kappa shape index (κ1) is 21.2. The first-order valence-electron chi connectivity index (χ1n) is 10.5. The van der Waals surface area contributed by atoms with Crippen LogP contribution in [0.1, 0.15) is 37.8 Å². The Kier molecular flexibility index (Phi) is 6.39. The summed E-state index contributed by atoms with van der Waals surface area (Å²) >= 11 is -2.17. The van der Waals surface area contributed by atoms with Gasteiger partial charge in [-0.25, -0.2) is 0 Å². The first-order chi connectivity index (χ1) is 14.5. The second-order valence-corrected chi connectivity index (χ2v) is 13.4. The van der Waals surface area contributed by atoms with Crippen molar-refractivity contribution in [1.82, 2.24) is 4.90 Å². The van der Waals surface area contributed by atoms with Gasteiger partial charge in [-0.05, 0) is 0 Å². The second-order valence-electron chi connectivity index (χ2n) is 8.42. The summed E-state index contributed by atoms with van der Waals surface area (Å²) in [6, 6.07) is 21.3. The Hall–Kier alpha value is -1.99. The van der Waals surface area contributed by atoms with Crippen LogP contribution in [0.5, 0.6) is 0 Å². The fourth-order valence-corrected chi connectivity index (χ4v) is 11.1. The molecule has 2 aliphatic heterocycles. The van der Waals surface area contributed by atoms with Crippen molar-refractivity contribution in [3.05, 3.63) is 81.1 Å². The molecule has 0 spiro atoms. The maximum absolute atomic E-state index is 12.3. The van der Waals surface area contributed by atoms with Crippen LogP contribution < -0.4 is 0 Å². The van der Waals surface area contributed by atoms with E-state index in [1.807, 2.05) is 12.1 Å². The monoisotopic (exact) mass is 516 g/mol. The summed E-state index contributed by atoms with van der Waals surface area (Å²) < 4.78 is 6.04. The third-order valence-corrected chi connectivity index (χ3v) is 11.9. The van der Waals surface area contributed by atoms with Crippen LogP contribution in [0, 0.1) is 5.92 Å². The molecule has 1 fully saturated rings. The van der Waals surface area contributed by atoms with Gasteiger partial charge in [-0.2, -0.15) is 0 Å². The van der Waals surface area contributed by atoms with Crippen LogP contribution in [0.4, 0.5) is 0 Å². The van der Waals surface area contributed by atoms with Crippen molar-refractivity contribution < 1.29 is 9.90 Å². The Morgan fingerprint density at radius 1 is 1.07 bits per heavy atom. The van der Waals surface area contributed by atoms with Gasteiger partial charge in [-0.15, -0.1) is 0 Å². The number of hydrogen-bond acceptors (Lipinski definition) is 4. The molecule has 2 heterocycles. The van der Waals surface area contributed by atoms with Gasteiger partial charge in [0.2, 0.25) is 0 Å². The number of fused-ring (bicyclic) bond motifs is 1. The molecule has 0 saturated carbocycles. The molecule has 0 aromatic heterocycles. The Morgan fingerprint density at radius 2 is 1.63 bits per heavy atom. The summed E-state index contributed by atoms with van der Waals surface area (Å²) in [4.78, 5) is 14.7. The molecule has 0 radical (unpaired) electrons. The molecule has 2 unspecified atom stereocenters. The van der Waals surface area contributed by atoms with Gasteiger partial charge in [0.05, 0.1) is 0 Å². The summed E-state index contributed by atoms with van der Waals surface area (Å²) in [5, 5.41) is 10.8. The van der Waals surface area contributed by atoms with Gasteiger partial charge in [-0.3, -0.25) is 0 Å². The zero-order valence-electron chi connectivity index (χ0n) is 17.7. The van der Waals surface area contributed by atoms with Gasteiger partial charge in [-0.1, -0.05) is 0 Å². The molecular formula is C25H29IN2O2. The van der Waals surface area contributed by atoms with Crippen molar-refractivity contribution in [1.29, 1.82) is 0 Å². The number of Topliss-reactive ketones (excluding diaryl/α,β-unsaturated/α-hetero) is 1. The molecule has 2 aromatic carbocycles. The summed E-state index contributed by atoms with van der Waals surface area (Å²) in [7, 11) is 0. The van der Waals surface area contributed by atoms with Crippen molar-refractivity contribution in [2.75, 3.05) is 13.1 Å². The van der Waals surface area contributed by atoms with Crippen LogP contribution in [0.2, 0.25) is 0 Å². The average Bonchev–Trinajstić information content (AvgIpc) is 2.75. The number of halogens is 1. The molecule has 0 bridgehead atoms. The van der Waals surface area contributed by atoms with E-state index in [2.05, 4.69) is 74.2 Å². The third kappa shape index (κ3) is 4.10. The molecule has 4 rings (SSSR count). The Balaban J connectivity index is 1.84. The number of aliphatic hydroxyl groups excluding tert-OH is 1. The quantitative estimate of drug-likeness (QED) is 0.428. The van der Waals surface area contributed by atoms with E-state index in [-0.39, 0.29) is 27.4 Å². The summed E-state index contributed by atoms with van der Waals surface area (Å²) in [5.41, 5.74) is 2.55. The topological polar surface area (TPSA) is 52.9 Å².